The predicted octanol–water partition coefficient (Wildman–Crippen LogP) is 4.07. The smallest absolute Gasteiger partial charge is 0.271 e. The molecule has 2 aliphatic rings. The van der Waals surface area contributed by atoms with Gasteiger partial charge in [-0.2, -0.15) is 5.10 Å². The first-order chi connectivity index (χ1) is 12.8. The van der Waals surface area contributed by atoms with Crippen LogP contribution in [0.25, 0.3) is 5.57 Å². The number of hydrogen-bond acceptors (Lipinski definition) is 3. The number of rotatable bonds is 5. The van der Waals surface area contributed by atoms with E-state index in [1.165, 1.54) is 16.7 Å². The molecule has 2 atom stereocenters. The Morgan fingerprint density at radius 2 is 1.81 bits per heavy atom. The van der Waals surface area contributed by atoms with Gasteiger partial charge in [0.25, 0.3) is 5.91 Å². The Hall–Kier alpha value is -3.14. The number of hydrazone groups is 1. The van der Waals surface area contributed by atoms with Crippen molar-refractivity contribution in [2.45, 2.75) is 6.42 Å². The molecule has 0 radical (unpaired) electrons. The van der Waals surface area contributed by atoms with Crippen LogP contribution in [0.15, 0.2) is 77.4 Å². The molecule has 0 aromatic heterocycles. The van der Waals surface area contributed by atoms with Crippen LogP contribution >= 0.6 is 0 Å². The van der Waals surface area contributed by atoms with Crippen LogP contribution in [0.2, 0.25) is 0 Å². The van der Waals surface area contributed by atoms with Crippen LogP contribution in [-0.2, 0) is 0 Å². The van der Waals surface area contributed by atoms with Crippen molar-refractivity contribution < 1.29 is 9.53 Å². The first-order valence-corrected chi connectivity index (χ1v) is 8.71. The molecule has 0 aliphatic heterocycles. The van der Waals surface area contributed by atoms with Crippen molar-refractivity contribution in [1.82, 2.24) is 5.43 Å². The lowest BCUT2D eigenvalue weighted by Crippen LogP contribution is -2.18. The van der Waals surface area contributed by atoms with Crippen molar-refractivity contribution in [1.29, 1.82) is 0 Å². The van der Waals surface area contributed by atoms with Gasteiger partial charge in [-0.05, 0) is 47.4 Å². The van der Waals surface area contributed by atoms with E-state index in [0.29, 0.717) is 17.4 Å². The van der Waals surface area contributed by atoms with Gasteiger partial charge < -0.3 is 4.74 Å². The summed E-state index contributed by atoms with van der Waals surface area (Å²) in [7, 11) is 1.60. The molecule has 4 nitrogen and oxygen atoms in total. The highest BCUT2D eigenvalue weighted by molar-refractivity contribution is 5.98. The molecule has 2 unspecified atom stereocenters. The minimum absolute atomic E-state index is 0.232. The average Bonchev–Trinajstić information content (AvgIpc) is 3.30. The van der Waals surface area contributed by atoms with Gasteiger partial charge in [0.05, 0.1) is 13.3 Å². The molecule has 1 amide bonds. The molecule has 2 aromatic carbocycles. The van der Waals surface area contributed by atoms with Crippen molar-refractivity contribution in [2.24, 2.45) is 16.9 Å². The molecule has 0 spiro atoms. The summed E-state index contributed by atoms with van der Waals surface area (Å²) in [6.45, 7) is 0. The van der Waals surface area contributed by atoms with E-state index < -0.39 is 0 Å². The Morgan fingerprint density at radius 3 is 2.54 bits per heavy atom. The van der Waals surface area contributed by atoms with E-state index in [1.807, 2.05) is 6.07 Å². The van der Waals surface area contributed by atoms with E-state index in [4.69, 9.17) is 4.74 Å². The number of amides is 1. The highest BCUT2D eigenvalue weighted by atomic mass is 16.5. The number of nitrogens with one attached hydrogen (secondary N) is 1. The summed E-state index contributed by atoms with van der Waals surface area (Å²) >= 11 is 0. The predicted molar refractivity (Wildman–Crippen MR) is 103 cm³/mol. The van der Waals surface area contributed by atoms with Gasteiger partial charge in [0, 0.05) is 17.4 Å². The summed E-state index contributed by atoms with van der Waals surface area (Å²) in [6, 6.07) is 17.4. The maximum atomic E-state index is 12.2. The summed E-state index contributed by atoms with van der Waals surface area (Å²) in [6.07, 6.45) is 7.42. The van der Waals surface area contributed by atoms with Gasteiger partial charge in [-0.25, -0.2) is 5.43 Å². The first kappa shape index (κ1) is 16.3. The Kier molecular flexibility index (Phi) is 4.40. The second-order valence-corrected chi connectivity index (χ2v) is 6.50. The van der Waals surface area contributed by atoms with Gasteiger partial charge in [-0.15, -0.1) is 0 Å². The van der Waals surface area contributed by atoms with Crippen molar-refractivity contribution in [2.75, 3.05) is 7.11 Å². The summed E-state index contributed by atoms with van der Waals surface area (Å²) in [5.74, 6) is 1.32. The number of benzene rings is 2. The number of carbonyl (C=O) groups excluding carboxylic acids is 1. The van der Waals surface area contributed by atoms with E-state index in [9.17, 15) is 4.79 Å². The number of methoxy groups -OCH3 is 1. The lowest BCUT2D eigenvalue weighted by Gasteiger charge is -2.13. The molecule has 4 rings (SSSR count). The summed E-state index contributed by atoms with van der Waals surface area (Å²) in [5.41, 5.74) is 6.92. The van der Waals surface area contributed by atoms with Crippen LogP contribution in [0.4, 0.5) is 0 Å². The van der Waals surface area contributed by atoms with Crippen LogP contribution in [0.3, 0.4) is 0 Å². The summed E-state index contributed by atoms with van der Waals surface area (Å²) in [5, 5.41) is 4.22. The third-order valence-corrected chi connectivity index (χ3v) is 4.97. The monoisotopic (exact) mass is 344 g/mol. The van der Waals surface area contributed by atoms with Crippen molar-refractivity contribution in [3.8, 4) is 5.75 Å². The number of allylic oxidation sites excluding steroid dienone is 4. The molecule has 2 bridgehead atoms. The Labute approximate surface area is 152 Å². The van der Waals surface area contributed by atoms with E-state index in [1.54, 1.807) is 37.6 Å². The number of hydrogen-bond donors (Lipinski definition) is 1. The molecule has 0 saturated carbocycles. The fraction of sp³-hybridized carbons (Fsp3) is 0.182. The first-order valence-electron chi connectivity index (χ1n) is 8.71. The molecule has 0 saturated heterocycles. The molecule has 4 heteroatoms. The normalized spacial score (nSPS) is 20.8. The van der Waals surface area contributed by atoms with Crippen LogP contribution in [0.1, 0.15) is 22.3 Å². The Bertz CT molecular complexity index is 895. The zero-order valence-corrected chi connectivity index (χ0v) is 14.6. The van der Waals surface area contributed by atoms with E-state index in [0.717, 1.165) is 12.2 Å². The number of carbonyl (C=O) groups is 1. The molecular formula is C22H20N2O2. The average molecular weight is 344 g/mol. The SMILES string of the molecule is COc1ccc(C(=O)NN=CC2=C(c3ccccc3)C3C=CC2C3)cc1. The van der Waals surface area contributed by atoms with Crippen molar-refractivity contribution in [3.63, 3.8) is 0 Å². The largest absolute Gasteiger partial charge is 0.497 e. The number of nitrogens with zero attached hydrogens (tertiary/aromatic N) is 1. The van der Waals surface area contributed by atoms with Gasteiger partial charge in [-0.1, -0.05) is 42.5 Å². The fourth-order valence-electron chi connectivity index (χ4n) is 3.69. The zero-order valence-electron chi connectivity index (χ0n) is 14.6. The van der Waals surface area contributed by atoms with E-state index >= 15 is 0 Å². The Balaban J connectivity index is 1.51. The van der Waals surface area contributed by atoms with Gasteiger partial charge in [-0.3, -0.25) is 4.79 Å². The topological polar surface area (TPSA) is 50.7 Å². The van der Waals surface area contributed by atoms with Crippen LogP contribution in [-0.4, -0.2) is 19.2 Å². The standard InChI is InChI=1S/C22H20N2O2/c1-26-19-11-9-16(10-12-19)22(25)24-23-14-20-17-7-8-18(13-17)21(20)15-5-3-2-4-6-15/h2-12,14,17-18H,13H2,1H3,(H,24,25). The second kappa shape index (κ2) is 7.00. The lowest BCUT2D eigenvalue weighted by atomic mass is 9.92. The molecule has 1 N–H and O–H groups in total. The molecule has 2 aromatic rings. The van der Waals surface area contributed by atoms with Crippen LogP contribution < -0.4 is 10.2 Å². The van der Waals surface area contributed by atoms with Gasteiger partial charge in [0.1, 0.15) is 5.75 Å². The molecule has 0 fully saturated rings. The van der Waals surface area contributed by atoms with E-state index in [-0.39, 0.29) is 5.91 Å². The molecule has 2 aliphatic carbocycles. The fourth-order valence-corrected chi connectivity index (χ4v) is 3.69. The molecule has 0 heterocycles. The maximum Gasteiger partial charge on any atom is 0.271 e. The highest BCUT2D eigenvalue weighted by Gasteiger charge is 2.34. The van der Waals surface area contributed by atoms with Crippen LogP contribution in [0, 0.1) is 11.8 Å². The molecular weight excluding hydrogens is 324 g/mol. The molecule has 130 valence electrons. The third-order valence-electron chi connectivity index (χ3n) is 4.97. The minimum atomic E-state index is -0.232. The molecule has 26 heavy (non-hydrogen) atoms. The summed E-state index contributed by atoms with van der Waals surface area (Å²) in [4.78, 5) is 12.2. The van der Waals surface area contributed by atoms with Gasteiger partial charge in [0.2, 0.25) is 0 Å². The number of fused-ring (bicyclic) bond motifs is 2. The second-order valence-electron chi connectivity index (χ2n) is 6.50. The third kappa shape index (κ3) is 3.06. The van der Waals surface area contributed by atoms with Gasteiger partial charge >= 0.3 is 0 Å². The Morgan fingerprint density at radius 1 is 1.08 bits per heavy atom. The number of ether oxygens (including phenoxy) is 1. The minimum Gasteiger partial charge on any atom is -0.497 e. The van der Waals surface area contributed by atoms with Crippen LogP contribution in [0.5, 0.6) is 5.75 Å². The van der Waals surface area contributed by atoms with E-state index in [2.05, 4.69) is 46.9 Å². The van der Waals surface area contributed by atoms with Crippen molar-refractivity contribution in [3.05, 3.63) is 83.4 Å². The highest BCUT2D eigenvalue weighted by Crippen LogP contribution is 2.47. The van der Waals surface area contributed by atoms with Crippen molar-refractivity contribution >= 4 is 17.7 Å². The quantitative estimate of drug-likeness (QED) is 0.505. The summed E-state index contributed by atoms with van der Waals surface area (Å²) < 4.78 is 5.11. The zero-order chi connectivity index (χ0) is 17.9. The van der Waals surface area contributed by atoms with Gasteiger partial charge in [0.15, 0.2) is 0 Å². The maximum absolute atomic E-state index is 12.2. The lowest BCUT2D eigenvalue weighted by molar-refractivity contribution is 0.0955.